The van der Waals surface area contributed by atoms with Crippen LogP contribution >= 0.6 is 0 Å². The predicted molar refractivity (Wildman–Crippen MR) is 50.0 cm³/mol. The molecule has 3 N–H and O–H groups in total. The van der Waals surface area contributed by atoms with Crippen LogP contribution in [0, 0.1) is 0 Å². The van der Waals surface area contributed by atoms with Crippen LogP contribution in [0.25, 0.3) is 0 Å². The molecule has 1 unspecified atom stereocenters. The zero-order chi connectivity index (χ0) is 9.23. The Morgan fingerprint density at radius 3 is 2.58 bits per heavy atom. The topological polar surface area (TPSA) is 55.5 Å². The highest BCUT2D eigenvalue weighted by Crippen LogP contribution is 2.00. The van der Waals surface area contributed by atoms with Crippen molar-refractivity contribution >= 4 is 0 Å². The smallest absolute Gasteiger partial charge is 0.0927 e. The Labute approximate surface area is 74.9 Å². The largest absolute Gasteiger partial charge is 0.394 e. The molecule has 0 heterocycles. The first-order valence-corrected chi connectivity index (χ1v) is 4.77. The van der Waals surface area contributed by atoms with Crippen molar-refractivity contribution in [2.45, 2.75) is 38.7 Å². The summed E-state index contributed by atoms with van der Waals surface area (Å²) in [6.07, 6.45) is 4.62. The van der Waals surface area contributed by atoms with Crippen LogP contribution in [-0.4, -0.2) is 31.0 Å². The van der Waals surface area contributed by atoms with Gasteiger partial charge in [0, 0.05) is 13.2 Å². The van der Waals surface area contributed by atoms with Crippen LogP contribution in [0.2, 0.25) is 0 Å². The summed E-state index contributed by atoms with van der Waals surface area (Å²) in [4.78, 5) is 0. The maximum absolute atomic E-state index is 8.72. The van der Waals surface area contributed by atoms with Crippen LogP contribution < -0.4 is 5.73 Å². The Kier molecular flexibility index (Phi) is 8.88. The third kappa shape index (κ3) is 6.58. The lowest BCUT2D eigenvalue weighted by Gasteiger charge is -2.12. The summed E-state index contributed by atoms with van der Waals surface area (Å²) in [6, 6.07) is 0. The number of aliphatic hydroxyl groups excluding tert-OH is 1. The van der Waals surface area contributed by atoms with Crippen LogP contribution in [0.5, 0.6) is 0 Å². The van der Waals surface area contributed by atoms with Crippen molar-refractivity contribution in [3.05, 3.63) is 0 Å². The quantitative estimate of drug-likeness (QED) is 0.539. The van der Waals surface area contributed by atoms with E-state index in [0.29, 0.717) is 6.54 Å². The highest BCUT2D eigenvalue weighted by molar-refractivity contribution is 4.54. The Morgan fingerprint density at radius 1 is 1.33 bits per heavy atom. The van der Waals surface area contributed by atoms with E-state index in [9.17, 15) is 0 Å². The van der Waals surface area contributed by atoms with Crippen molar-refractivity contribution in [3.8, 4) is 0 Å². The molecule has 0 aromatic heterocycles. The molecule has 0 rings (SSSR count). The number of nitrogens with two attached hydrogens (primary N) is 1. The Hall–Kier alpha value is -0.120. The Bertz CT molecular complexity index is 84.6. The van der Waals surface area contributed by atoms with Crippen molar-refractivity contribution in [1.29, 1.82) is 0 Å². The fourth-order valence-corrected chi connectivity index (χ4v) is 0.974. The van der Waals surface area contributed by atoms with Crippen molar-refractivity contribution in [3.63, 3.8) is 0 Å². The summed E-state index contributed by atoms with van der Waals surface area (Å²) in [5.41, 5.74) is 5.34. The van der Waals surface area contributed by atoms with Gasteiger partial charge in [-0.1, -0.05) is 26.2 Å². The molecule has 12 heavy (non-hydrogen) atoms. The molecule has 0 aliphatic rings. The van der Waals surface area contributed by atoms with Gasteiger partial charge in [-0.05, 0) is 6.42 Å². The fraction of sp³-hybridized carbons (Fsp3) is 1.00. The standard InChI is InChI=1S/C9H21NO2/c1-2-3-4-5-6-12-9(7-10)8-11/h9,11H,2-8,10H2,1H3. The molecule has 74 valence electrons. The molecule has 3 nitrogen and oxygen atoms in total. The number of ether oxygens (including phenoxy) is 1. The van der Waals surface area contributed by atoms with Crippen LogP contribution in [-0.2, 0) is 4.74 Å². The highest BCUT2D eigenvalue weighted by atomic mass is 16.5. The average Bonchev–Trinajstić information content (AvgIpc) is 2.11. The minimum Gasteiger partial charge on any atom is -0.394 e. The van der Waals surface area contributed by atoms with E-state index in [0.717, 1.165) is 13.0 Å². The van der Waals surface area contributed by atoms with Gasteiger partial charge in [-0.15, -0.1) is 0 Å². The zero-order valence-electron chi connectivity index (χ0n) is 7.96. The van der Waals surface area contributed by atoms with Crippen molar-refractivity contribution in [1.82, 2.24) is 0 Å². The number of rotatable bonds is 8. The van der Waals surface area contributed by atoms with E-state index in [-0.39, 0.29) is 12.7 Å². The Balaban J connectivity index is 3.06. The van der Waals surface area contributed by atoms with Gasteiger partial charge >= 0.3 is 0 Å². The average molecular weight is 175 g/mol. The van der Waals surface area contributed by atoms with Crippen LogP contribution in [0.3, 0.4) is 0 Å². The molecule has 0 amide bonds. The zero-order valence-corrected chi connectivity index (χ0v) is 7.96. The fourth-order valence-electron chi connectivity index (χ4n) is 0.974. The van der Waals surface area contributed by atoms with E-state index >= 15 is 0 Å². The second-order valence-electron chi connectivity index (χ2n) is 2.97. The SMILES string of the molecule is CCCCCCOC(CN)CO. The lowest BCUT2D eigenvalue weighted by molar-refractivity contribution is 0.0170. The molecule has 0 bridgehead atoms. The maximum Gasteiger partial charge on any atom is 0.0927 e. The van der Waals surface area contributed by atoms with E-state index in [1.807, 2.05) is 0 Å². The molecule has 3 heteroatoms. The third-order valence-electron chi connectivity index (χ3n) is 1.82. The van der Waals surface area contributed by atoms with Gasteiger partial charge in [0.1, 0.15) is 0 Å². The summed E-state index contributed by atoms with van der Waals surface area (Å²) in [5, 5.41) is 8.72. The summed E-state index contributed by atoms with van der Waals surface area (Å²) in [7, 11) is 0. The molecular formula is C9H21NO2. The van der Waals surface area contributed by atoms with Gasteiger partial charge in [0.2, 0.25) is 0 Å². The second kappa shape index (κ2) is 8.97. The van der Waals surface area contributed by atoms with Gasteiger partial charge < -0.3 is 15.6 Å². The first-order valence-electron chi connectivity index (χ1n) is 4.77. The minimum absolute atomic E-state index is 0.0320. The van der Waals surface area contributed by atoms with E-state index in [1.54, 1.807) is 0 Å². The normalized spacial score (nSPS) is 13.2. The number of aliphatic hydroxyl groups is 1. The maximum atomic E-state index is 8.72. The molecule has 0 aliphatic carbocycles. The van der Waals surface area contributed by atoms with Crippen LogP contribution in [0.1, 0.15) is 32.6 Å². The molecule has 0 saturated carbocycles. The monoisotopic (exact) mass is 175 g/mol. The van der Waals surface area contributed by atoms with Gasteiger partial charge in [-0.2, -0.15) is 0 Å². The molecule has 1 atom stereocenters. The lowest BCUT2D eigenvalue weighted by Crippen LogP contribution is -2.27. The Morgan fingerprint density at radius 2 is 2.08 bits per heavy atom. The molecule has 0 saturated heterocycles. The molecule has 0 fully saturated rings. The molecular weight excluding hydrogens is 154 g/mol. The number of unbranched alkanes of at least 4 members (excludes halogenated alkanes) is 3. The summed E-state index contributed by atoms with van der Waals surface area (Å²) in [6.45, 7) is 3.34. The number of hydrogen-bond donors (Lipinski definition) is 2. The lowest BCUT2D eigenvalue weighted by atomic mass is 10.2. The highest BCUT2D eigenvalue weighted by Gasteiger charge is 2.02. The molecule has 0 spiro atoms. The molecule has 0 aliphatic heterocycles. The van der Waals surface area contributed by atoms with E-state index in [2.05, 4.69) is 6.92 Å². The first kappa shape index (κ1) is 11.9. The first-order chi connectivity index (χ1) is 5.85. The van der Waals surface area contributed by atoms with E-state index in [4.69, 9.17) is 15.6 Å². The molecule has 0 radical (unpaired) electrons. The van der Waals surface area contributed by atoms with Gasteiger partial charge in [-0.3, -0.25) is 0 Å². The number of hydrogen-bond acceptors (Lipinski definition) is 3. The van der Waals surface area contributed by atoms with Crippen molar-refractivity contribution in [2.75, 3.05) is 19.8 Å². The van der Waals surface area contributed by atoms with E-state index in [1.165, 1.54) is 19.3 Å². The van der Waals surface area contributed by atoms with Gasteiger partial charge in [0.25, 0.3) is 0 Å². The molecule has 0 aromatic rings. The third-order valence-corrected chi connectivity index (χ3v) is 1.82. The van der Waals surface area contributed by atoms with Crippen LogP contribution in [0.15, 0.2) is 0 Å². The summed E-state index contributed by atoms with van der Waals surface area (Å²) < 4.78 is 5.31. The summed E-state index contributed by atoms with van der Waals surface area (Å²) >= 11 is 0. The second-order valence-corrected chi connectivity index (χ2v) is 2.97. The van der Waals surface area contributed by atoms with Crippen LogP contribution in [0.4, 0.5) is 0 Å². The van der Waals surface area contributed by atoms with Gasteiger partial charge in [-0.25, -0.2) is 0 Å². The van der Waals surface area contributed by atoms with Gasteiger partial charge in [0.05, 0.1) is 12.7 Å². The van der Waals surface area contributed by atoms with Gasteiger partial charge in [0.15, 0.2) is 0 Å². The molecule has 0 aromatic carbocycles. The minimum atomic E-state index is -0.161. The van der Waals surface area contributed by atoms with Crippen molar-refractivity contribution < 1.29 is 9.84 Å². The van der Waals surface area contributed by atoms with Crippen molar-refractivity contribution in [2.24, 2.45) is 5.73 Å². The van der Waals surface area contributed by atoms with E-state index < -0.39 is 0 Å². The summed E-state index contributed by atoms with van der Waals surface area (Å²) in [5.74, 6) is 0. The predicted octanol–water partition coefficient (Wildman–Crippen LogP) is 0.903.